The Morgan fingerprint density at radius 3 is 2.52 bits per heavy atom. The van der Waals surface area contributed by atoms with Crippen LogP contribution < -0.4 is 15.1 Å². The molecule has 0 bridgehead atoms. The average Bonchev–Trinajstić information content (AvgIpc) is 2.70. The molecule has 160 valence electrons. The van der Waals surface area contributed by atoms with Gasteiger partial charge in [-0.3, -0.25) is 19.8 Å². The number of hydrogen-bond donors (Lipinski definition) is 1. The predicted molar refractivity (Wildman–Crippen MR) is 132 cm³/mol. The molecule has 2 heterocycles. The first-order valence-electron chi connectivity index (χ1n) is 10.1. The summed E-state index contributed by atoms with van der Waals surface area (Å²) in [4.78, 5) is 29.5. The zero-order valence-corrected chi connectivity index (χ0v) is 20.3. The van der Waals surface area contributed by atoms with E-state index in [1.165, 1.54) is 16.2 Å². The van der Waals surface area contributed by atoms with E-state index in [1.54, 1.807) is 18.2 Å². The Balaban J connectivity index is 1.72. The number of nitrogens with one attached hydrogen (secondary N) is 1. The Bertz CT molecular complexity index is 1120. The molecule has 1 atom stereocenters. The number of benzene rings is 2. The number of anilines is 2. The minimum absolute atomic E-state index is 0.0635. The highest BCUT2D eigenvalue weighted by Crippen LogP contribution is 2.42. The van der Waals surface area contributed by atoms with Gasteiger partial charge in [-0.15, -0.1) is 0 Å². The molecule has 1 fully saturated rings. The molecule has 1 N–H and O–H groups in total. The molecule has 2 aromatic rings. The van der Waals surface area contributed by atoms with Gasteiger partial charge in [-0.25, -0.2) is 0 Å². The van der Waals surface area contributed by atoms with Gasteiger partial charge in [0.2, 0.25) is 0 Å². The molecule has 0 radical (unpaired) electrons. The predicted octanol–water partition coefficient (Wildman–Crippen LogP) is 5.00. The SMILES string of the molecule is CC1CC(C)(C)N(C)c2ccc(/C=C3/C(=O)NC(=S)N(c4ccc(Br)cc4)C3=O)cc21. The number of rotatable bonds is 2. The second-order valence-corrected chi connectivity index (χ2v) is 10.0. The molecule has 1 saturated heterocycles. The zero-order valence-electron chi connectivity index (χ0n) is 17.9. The lowest BCUT2D eigenvalue weighted by atomic mass is 9.80. The maximum Gasteiger partial charge on any atom is 0.270 e. The lowest BCUT2D eigenvalue weighted by Crippen LogP contribution is -2.54. The van der Waals surface area contributed by atoms with E-state index in [0.717, 1.165) is 16.5 Å². The molecule has 5 nitrogen and oxygen atoms in total. The van der Waals surface area contributed by atoms with E-state index in [9.17, 15) is 9.59 Å². The van der Waals surface area contributed by atoms with Crippen LogP contribution in [-0.2, 0) is 9.59 Å². The Labute approximate surface area is 196 Å². The molecule has 1 unspecified atom stereocenters. The van der Waals surface area contributed by atoms with Crippen LogP contribution in [0, 0.1) is 0 Å². The number of thiocarbonyl (C=S) groups is 1. The Morgan fingerprint density at radius 2 is 1.84 bits per heavy atom. The lowest BCUT2D eigenvalue weighted by Gasteiger charge is -2.45. The van der Waals surface area contributed by atoms with Crippen LogP contribution in [0.4, 0.5) is 11.4 Å². The summed E-state index contributed by atoms with van der Waals surface area (Å²) in [6.45, 7) is 6.70. The van der Waals surface area contributed by atoms with Crippen LogP contribution in [0.2, 0.25) is 0 Å². The molecule has 0 aliphatic carbocycles. The lowest BCUT2D eigenvalue weighted by molar-refractivity contribution is -0.122. The van der Waals surface area contributed by atoms with Crippen molar-refractivity contribution in [3.63, 3.8) is 0 Å². The molecule has 7 heteroatoms. The van der Waals surface area contributed by atoms with Crippen LogP contribution in [0.25, 0.3) is 6.08 Å². The fourth-order valence-corrected chi connectivity index (χ4v) is 4.88. The third-order valence-corrected chi connectivity index (χ3v) is 6.97. The summed E-state index contributed by atoms with van der Waals surface area (Å²) in [6, 6.07) is 13.3. The van der Waals surface area contributed by atoms with Gasteiger partial charge >= 0.3 is 0 Å². The Hall–Kier alpha value is -2.51. The molecule has 2 amide bonds. The summed E-state index contributed by atoms with van der Waals surface area (Å²) in [5, 5.41) is 2.72. The van der Waals surface area contributed by atoms with Crippen molar-refractivity contribution in [2.24, 2.45) is 0 Å². The third-order valence-electron chi connectivity index (χ3n) is 6.16. The van der Waals surface area contributed by atoms with E-state index in [-0.39, 0.29) is 16.2 Å². The summed E-state index contributed by atoms with van der Waals surface area (Å²) in [6.07, 6.45) is 2.68. The van der Waals surface area contributed by atoms with Crippen LogP contribution in [0.15, 0.2) is 52.5 Å². The topological polar surface area (TPSA) is 52.7 Å². The van der Waals surface area contributed by atoms with Crippen molar-refractivity contribution in [2.75, 3.05) is 16.8 Å². The smallest absolute Gasteiger partial charge is 0.270 e. The molecule has 0 saturated carbocycles. The number of amides is 2. The second-order valence-electron chi connectivity index (χ2n) is 8.73. The monoisotopic (exact) mass is 497 g/mol. The Morgan fingerprint density at radius 1 is 1.16 bits per heavy atom. The largest absolute Gasteiger partial charge is 0.369 e. The second kappa shape index (κ2) is 7.88. The summed E-state index contributed by atoms with van der Waals surface area (Å²) >= 11 is 8.66. The molecule has 0 aromatic heterocycles. The first-order chi connectivity index (χ1) is 14.6. The van der Waals surface area contributed by atoms with Crippen molar-refractivity contribution < 1.29 is 9.59 Å². The number of carbonyl (C=O) groups is 2. The van der Waals surface area contributed by atoms with Gasteiger partial charge < -0.3 is 4.90 Å². The van der Waals surface area contributed by atoms with E-state index in [2.05, 4.69) is 66.1 Å². The zero-order chi connectivity index (χ0) is 22.5. The van der Waals surface area contributed by atoms with Crippen molar-refractivity contribution in [3.05, 3.63) is 63.6 Å². The van der Waals surface area contributed by atoms with E-state index in [1.807, 2.05) is 18.2 Å². The van der Waals surface area contributed by atoms with Gasteiger partial charge in [-0.1, -0.05) is 28.9 Å². The molecule has 2 aliphatic heterocycles. The van der Waals surface area contributed by atoms with Crippen molar-refractivity contribution in [1.82, 2.24) is 5.32 Å². The van der Waals surface area contributed by atoms with Crippen LogP contribution in [0.1, 0.15) is 44.2 Å². The molecule has 31 heavy (non-hydrogen) atoms. The fraction of sp³-hybridized carbons (Fsp3) is 0.292. The average molecular weight is 498 g/mol. The first kappa shape index (κ1) is 21.7. The highest BCUT2D eigenvalue weighted by atomic mass is 79.9. The van der Waals surface area contributed by atoms with Gasteiger partial charge in [0, 0.05) is 22.7 Å². The summed E-state index contributed by atoms with van der Waals surface area (Å²) in [7, 11) is 2.11. The molecule has 2 aromatic carbocycles. The van der Waals surface area contributed by atoms with Gasteiger partial charge in [0.05, 0.1) is 5.69 Å². The van der Waals surface area contributed by atoms with Crippen molar-refractivity contribution in [3.8, 4) is 0 Å². The van der Waals surface area contributed by atoms with Gasteiger partial charge in [0.1, 0.15) is 5.57 Å². The quantitative estimate of drug-likeness (QED) is 0.360. The molecule has 4 rings (SSSR count). The number of nitrogens with zero attached hydrogens (tertiary/aromatic N) is 2. The van der Waals surface area contributed by atoms with Crippen molar-refractivity contribution >= 4 is 62.5 Å². The molecular formula is C24H24BrN3O2S. The highest BCUT2D eigenvalue weighted by Gasteiger charge is 2.36. The standard InChI is InChI=1S/C24H24BrN3O2S/c1-14-13-24(2,3)27(4)20-10-5-15(11-18(14)20)12-19-21(29)26-23(31)28(22(19)30)17-8-6-16(25)7-9-17/h5-12,14H,13H2,1-4H3,(H,26,29,31)/b19-12-. The van der Waals surface area contributed by atoms with Crippen molar-refractivity contribution in [2.45, 2.75) is 38.6 Å². The summed E-state index contributed by atoms with van der Waals surface area (Å²) in [5.41, 5.74) is 3.97. The molecular weight excluding hydrogens is 474 g/mol. The van der Waals surface area contributed by atoms with Crippen LogP contribution in [0.5, 0.6) is 0 Å². The molecule has 0 spiro atoms. The number of halogens is 1. The minimum atomic E-state index is -0.479. The van der Waals surface area contributed by atoms with Gasteiger partial charge in [0.25, 0.3) is 11.8 Å². The minimum Gasteiger partial charge on any atom is -0.369 e. The maximum absolute atomic E-state index is 13.2. The number of fused-ring (bicyclic) bond motifs is 1. The normalized spacial score (nSPS) is 21.9. The van der Waals surface area contributed by atoms with E-state index < -0.39 is 11.8 Å². The number of hydrogen-bond acceptors (Lipinski definition) is 4. The van der Waals surface area contributed by atoms with Crippen LogP contribution >= 0.6 is 28.1 Å². The maximum atomic E-state index is 13.2. The van der Waals surface area contributed by atoms with Crippen molar-refractivity contribution in [1.29, 1.82) is 0 Å². The number of carbonyl (C=O) groups excluding carboxylic acids is 2. The van der Waals surface area contributed by atoms with Crippen LogP contribution in [-0.4, -0.2) is 29.5 Å². The molecule has 2 aliphatic rings. The Kier molecular flexibility index (Phi) is 5.52. The van der Waals surface area contributed by atoms with E-state index in [0.29, 0.717) is 11.6 Å². The van der Waals surface area contributed by atoms with E-state index in [4.69, 9.17) is 12.2 Å². The van der Waals surface area contributed by atoms with Gasteiger partial charge in [-0.05, 0) is 92.0 Å². The third kappa shape index (κ3) is 3.92. The van der Waals surface area contributed by atoms with Crippen LogP contribution in [0.3, 0.4) is 0 Å². The van der Waals surface area contributed by atoms with Gasteiger partial charge in [-0.2, -0.15) is 0 Å². The first-order valence-corrected chi connectivity index (χ1v) is 11.3. The summed E-state index contributed by atoms with van der Waals surface area (Å²) in [5.74, 6) is -0.533. The van der Waals surface area contributed by atoms with Gasteiger partial charge in [0.15, 0.2) is 5.11 Å². The fourth-order valence-electron chi connectivity index (χ4n) is 4.33. The van der Waals surface area contributed by atoms with E-state index >= 15 is 0 Å². The highest BCUT2D eigenvalue weighted by molar-refractivity contribution is 9.10. The summed E-state index contributed by atoms with van der Waals surface area (Å²) < 4.78 is 0.891.